The highest BCUT2D eigenvalue weighted by molar-refractivity contribution is 5.64. The molecule has 1 aliphatic rings. The van der Waals surface area contributed by atoms with Crippen molar-refractivity contribution in [2.75, 3.05) is 7.11 Å². The largest absolute Gasteiger partial charge is 0.481 e. The van der Waals surface area contributed by atoms with Gasteiger partial charge < -0.3 is 10.1 Å². The third-order valence-electron chi connectivity index (χ3n) is 3.38. The Balaban J connectivity index is 1.80. The van der Waals surface area contributed by atoms with Gasteiger partial charge in [-0.05, 0) is 41.7 Å². The van der Waals surface area contributed by atoms with Gasteiger partial charge in [-0.1, -0.05) is 18.2 Å². The van der Waals surface area contributed by atoms with Gasteiger partial charge in [0.2, 0.25) is 5.88 Å². The number of rotatable bonds is 5. The summed E-state index contributed by atoms with van der Waals surface area (Å²) in [6, 6.07) is 13.3. The summed E-state index contributed by atoms with van der Waals surface area (Å²) in [5.41, 5.74) is 3.66. The first-order chi connectivity index (χ1) is 9.35. The van der Waals surface area contributed by atoms with E-state index in [2.05, 4.69) is 34.6 Å². The highest BCUT2D eigenvalue weighted by Crippen LogP contribution is 2.24. The van der Waals surface area contributed by atoms with Crippen LogP contribution in [0.15, 0.2) is 42.6 Å². The lowest BCUT2D eigenvalue weighted by molar-refractivity contribution is 0.398. The topological polar surface area (TPSA) is 34.1 Å². The van der Waals surface area contributed by atoms with E-state index in [0.717, 1.165) is 18.2 Å². The van der Waals surface area contributed by atoms with Gasteiger partial charge in [-0.25, -0.2) is 4.98 Å². The van der Waals surface area contributed by atoms with E-state index in [1.807, 2.05) is 12.1 Å². The number of pyridine rings is 1. The molecule has 98 valence electrons. The van der Waals surface area contributed by atoms with Crippen molar-refractivity contribution in [3.05, 3.63) is 48.2 Å². The molecule has 0 amide bonds. The standard InChI is InChI=1S/C16H18N2O/c1-19-16-10-14(7-8-17-16)13-4-2-3-12(9-13)11-18-15-5-6-15/h2-4,7-10,15,18H,5-6,11H2,1H3. The molecule has 0 spiro atoms. The Morgan fingerprint density at radius 2 is 2.05 bits per heavy atom. The molecule has 3 heteroatoms. The lowest BCUT2D eigenvalue weighted by Crippen LogP contribution is -2.15. The Labute approximate surface area is 113 Å². The van der Waals surface area contributed by atoms with Gasteiger partial charge in [-0.3, -0.25) is 0 Å². The summed E-state index contributed by atoms with van der Waals surface area (Å²) in [5, 5.41) is 3.54. The fraction of sp³-hybridized carbons (Fsp3) is 0.312. The number of hydrogen-bond acceptors (Lipinski definition) is 3. The van der Waals surface area contributed by atoms with Crippen LogP contribution in [0.2, 0.25) is 0 Å². The zero-order chi connectivity index (χ0) is 13.1. The highest BCUT2D eigenvalue weighted by atomic mass is 16.5. The first-order valence-electron chi connectivity index (χ1n) is 6.68. The van der Waals surface area contributed by atoms with Gasteiger partial charge >= 0.3 is 0 Å². The summed E-state index contributed by atoms with van der Waals surface area (Å²) >= 11 is 0. The minimum absolute atomic E-state index is 0.652. The Hall–Kier alpha value is -1.87. The first kappa shape index (κ1) is 12.2. The predicted molar refractivity (Wildman–Crippen MR) is 76.1 cm³/mol. The normalized spacial score (nSPS) is 14.4. The molecule has 0 bridgehead atoms. The van der Waals surface area contributed by atoms with Crippen molar-refractivity contribution in [1.29, 1.82) is 0 Å². The molecule has 0 atom stereocenters. The maximum Gasteiger partial charge on any atom is 0.213 e. The smallest absolute Gasteiger partial charge is 0.213 e. The molecule has 2 aromatic rings. The van der Waals surface area contributed by atoms with Crippen LogP contribution in [0.3, 0.4) is 0 Å². The molecule has 1 N–H and O–H groups in total. The number of ether oxygens (including phenoxy) is 1. The van der Waals surface area contributed by atoms with Gasteiger partial charge in [-0.15, -0.1) is 0 Å². The zero-order valence-corrected chi connectivity index (χ0v) is 11.1. The Kier molecular flexibility index (Phi) is 3.47. The molecular weight excluding hydrogens is 236 g/mol. The van der Waals surface area contributed by atoms with Gasteiger partial charge in [0.25, 0.3) is 0 Å². The van der Waals surface area contributed by atoms with Gasteiger partial charge in [0.15, 0.2) is 0 Å². The summed E-state index contributed by atoms with van der Waals surface area (Å²) in [6.07, 6.45) is 4.42. The average Bonchev–Trinajstić information content (AvgIpc) is 3.30. The van der Waals surface area contributed by atoms with E-state index < -0.39 is 0 Å². The highest BCUT2D eigenvalue weighted by Gasteiger charge is 2.19. The van der Waals surface area contributed by atoms with E-state index in [1.165, 1.54) is 24.0 Å². The van der Waals surface area contributed by atoms with Crippen LogP contribution >= 0.6 is 0 Å². The second-order valence-electron chi connectivity index (χ2n) is 4.94. The maximum absolute atomic E-state index is 5.17. The van der Waals surface area contributed by atoms with Crippen LogP contribution in [-0.2, 0) is 6.54 Å². The predicted octanol–water partition coefficient (Wildman–Crippen LogP) is 3.01. The second-order valence-corrected chi connectivity index (χ2v) is 4.94. The summed E-state index contributed by atoms with van der Waals surface area (Å²) in [5.74, 6) is 0.652. The van der Waals surface area contributed by atoms with Gasteiger partial charge in [0, 0.05) is 24.8 Å². The molecule has 0 unspecified atom stereocenters. The molecule has 0 saturated heterocycles. The minimum Gasteiger partial charge on any atom is -0.481 e. The van der Waals surface area contributed by atoms with Crippen LogP contribution < -0.4 is 10.1 Å². The van der Waals surface area contributed by atoms with Crippen LogP contribution in [0.1, 0.15) is 18.4 Å². The van der Waals surface area contributed by atoms with E-state index in [0.29, 0.717) is 5.88 Å². The molecule has 0 aliphatic heterocycles. The zero-order valence-electron chi connectivity index (χ0n) is 11.1. The van der Waals surface area contributed by atoms with Crippen LogP contribution in [0.5, 0.6) is 5.88 Å². The molecule has 1 heterocycles. The Bertz CT molecular complexity index is 564. The van der Waals surface area contributed by atoms with Crippen molar-refractivity contribution in [2.45, 2.75) is 25.4 Å². The molecule has 3 nitrogen and oxygen atoms in total. The lowest BCUT2D eigenvalue weighted by atomic mass is 10.0. The van der Waals surface area contributed by atoms with Crippen molar-refractivity contribution in [2.24, 2.45) is 0 Å². The van der Waals surface area contributed by atoms with Crippen molar-refractivity contribution in [3.63, 3.8) is 0 Å². The Morgan fingerprint density at radius 3 is 2.84 bits per heavy atom. The van der Waals surface area contributed by atoms with Gasteiger partial charge in [0.1, 0.15) is 0 Å². The molecule has 1 aromatic carbocycles. The molecule has 1 aromatic heterocycles. The van der Waals surface area contributed by atoms with E-state index in [4.69, 9.17) is 4.74 Å². The molecule has 19 heavy (non-hydrogen) atoms. The van der Waals surface area contributed by atoms with Crippen molar-refractivity contribution in [1.82, 2.24) is 10.3 Å². The number of nitrogens with one attached hydrogen (secondary N) is 1. The van der Waals surface area contributed by atoms with Crippen LogP contribution in [0.4, 0.5) is 0 Å². The van der Waals surface area contributed by atoms with Crippen molar-refractivity contribution >= 4 is 0 Å². The van der Waals surface area contributed by atoms with Crippen LogP contribution in [-0.4, -0.2) is 18.1 Å². The average molecular weight is 254 g/mol. The van der Waals surface area contributed by atoms with E-state index >= 15 is 0 Å². The summed E-state index contributed by atoms with van der Waals surface area (Å²) < 4.78 is 5.17. The monoisotopic (exact) mass is 254 g/mol. The first-order valence-corrected chi connectivity index (χ1v) is 6.68. The van der Waals surface area contributed by atoms with Gasteiger partial charge in [-0.2, -0.15) is 0 Å². The van der Waals surface area contributed by atoms with Crippen LogP contribution in [0, 0.1) is 0 Å². The third-order valence-corrected chi connectivity index (χ3v) is 3.38. The van der Waals surface area contributed by atoms with Crippen molar-refractivity contribution in [3.8, 4) is 17.0 Å². The number of aromatic nitrogens is 1. The molecular formula is C16H18N2O. The molecule has 1 saturated carbocycles. The summed E-state index contributed by atoms with van der Waals surface area (Å²) in [6.45, 7) is 0.945. The third kappa shape index (κ3) is 3.12. The van der Waals surface area contributed by atoms with E-state index in [1.54, 1.807) is 13.3 Å². The van der Waals surface area contributed by atoms with Crippen molar-refractivity contribution < 1.29 is 4.74 Å². The van der Waals surface area contributed by atoms with E-state index in [9.17, 15) is 0 Å². The summed E-state index contributed by atoms with van der Waals surface area (Å²) in [7, 11) is 1.64. The SMILES string of the molecule is COc1cc(-c2cccc(CNC3CC3)c2)ccn1. The minimum atomic E-state index is 0.652. The van der Waals surface area contributed by atoms with Gasteiger partial charge in [0.05, 0.1) is 7.11 Å². The number of benzene rings is 1. The number of nitrogens with zero attached hydrogens (tertiary/aromatic N) is 1. The fourth-order valence-electron chi connectivity index (χ4n) is 2.11. The fourth-order valence-corrected chi connectivity index (χ4v) is 2.11. The second kappa shape index (κ2) is 5.41. The van der Waals surface area contributed by atoms with E-state index in [-0.39, 0.29) is 0 Å². The summed E-state index contributed by atoms with van der Waals surface area (Å²) in [4.78, 5) is 4.14. The van der Waals surface area contributed by atoms with Crippen LogP contribution in [0.25, 0.3) is 11.1 Å². The number of methoxy groups -OCH3 is 1. The molecule has 1 aliphatic carbocycles. The molecule has 3 rings (SSSR count). The lowest BCUT2D eigenvalue weighted by Gasteiger charge is -2.07. The molecule has 1 fully saturated rings. The quantitative estimate of drug-likeness (QED) is 0.890. The number of hydrogen-bond donors (Lipinski definition) is 1. The maximum atomic E-state index is 5.17. The Morgan fingerprint density at radius 1 is 1.21 bits per heavy atom. The molecule has 0 radical (unpaired) electrons.